The molecule has 0 saturated carbocycles. The van der Waals surface area contributed by atoms with Crippen molar-refractivity contribution < 1.29 is 9.53 Å². The van der Waals surface area contributed by atoms with E-state index in [4.69, 9.17) is 16.2 Å². The molecule has 5 rings (SSSR count). The van der Waals surface area contributed by atoms with Gasteiger partial charge in [0.2, 0.25) is 5.91 Å². The molecule has 0 spiro atoms. The Labute approximate surface area is 195 Å². The van der Waals surface area contributed by atoms with E-state index in [9.17, 15) is 4.79 Å². The van der Waals surface area contributed by atoms with E-state index in [0.717, 1.165) is 49.4 Å². The highest BCUT2D eigenvalue weighted by molar-refractivity contribution is 5.93. The number of fused-ring (bicyclic) bond motifs is 1. The molecule has 1 saturated heterocycles. The summed E-state index contributed by atoms with van der Waals surface area (Å²) in [7, 11) is 0. The smallest absolute Gasteiger partial charge is 0.234 e. The maximum Gasteiger partial charge on any atom is 0.234 e. The standard InChI is InChI=1S/C28H31N3O2/c29-26(32)28(23-7-3-1-4-8-23,24-9-5-2-6-10-24)27(30)15-17-31(20-27)16-13-21-11-12-25-22(19-21)14-18-33-25/h1-12,19H,13-18,20,30H2,(H2,29,32)/t27-/m0/s1. The Morgan fingerprint density at radius 3 is 2.30 bits per heavy atom. The summed E-state index contributed by atoms with van der Waals surface area (Å²) in [5.74, 6) is 0.612. The molecule has 2 heterocycles. The molecule has 5 heteroatoms. The fraction of sp³-hybridized carbons (Fsp3) is 0.321. The van der Waals surface area contributed by atoms with Crippen molar-refractivity contribution in [2.75, 3.05) is 26.2 Å². The topological polar surface area (TPSA) is 81.6 Å². The molecule has 5 nitrogen and oxygen atoms in total. The monoisotopic (exact) mass is 441 g/mol. The molecule has 1 amide bonds. The van der Waals surface area contributed by atoms with Crippen molar-refractivity contribution in [2.45, 2.75) is 30.2 Å². The Kier molecular flexibility index (Phi) is 5.69. The molecule has 1 fully saturated rings. The lowest BCUT2D eigenvalue weighted by atomic mass is 9.60. The van der Waals surface area contributed by atoms with Crippen LogP contribution in [0.1, 0.15) is 28.7 Å². The van der Waals surface area contributed by atoms with E-state index in [1.165, 1.54) is 11.1 Å². The van der Waals surface area contributed by atoms with Gasteiger partial charge in [0.05, 0.1) is 12.1 Å². The first-order valence-corrected chi connectivity index (χ1v) is 11.7. The number of rotatable bonds is 7. The zero-order valence-electron chi connectivity index (χ0n) is 18.9. The average molecular weight is 442 g/mol. The molecule has 170 valence electrons. The van der Waals surface area contributed by atoms with Crippen molar-refractivity contribution in [3.05, 3.63) is 101 Å². The van der Waals surface area contributed by atoms with Gasteiger partial charge >= 0.3 is 0 Å². The molecule has 0 aromatic heterocycles. The van der Waals surface area contributed by atoms with E-state index in [1.807, 2.05) is 60.7 Å². The molecule has 1 atom stereocenters. The van der Waals surface area contributed by atoms with Crippen LogP contribution in [0, 0.1) is 0 Å². The largest absolute Gasteiger partial charge is 0.493 e. The third-order valence-corrected chi connectivity index (χ3v) is 7.38. The Bertz CT molecular complexity index is 1090. The van der Waals surface area contributed by atoms with Crippen LogP contribution in [0.15, 0.2) is 78.9 Å². The van der Waals surface area contributed by atoms with Gasteiger partial charge in [-0.1, -0.05) is 72.8 Å². The van der Waals surface area contributed by atoms with E-state index in [0.29, 0.717) is 13.0 Å². The molecule has 0 radical (unpaired) electrons. The van der Waals surface area contributed by atoms with Crippen molar-refractivity contribution in [1.82, 2.24) is 4.90 Å². The number of primary amides is 1. The summed E-state index contributed by atoms with van der Waals surface area (Å²) in [6.07, 6.45) is 2.61. The van der Waals surface area contributed by atoms with Gasteiger partial charge in [0.15, 0.2) is 0 Å². The number of likely N-dealkylation sites (tertiary alicyclic amines) is 1. The Balaban J connectivity index is 1.43. The van der Waals surface area contributed by atoms with Gasteiger partial charge in [-0.3, -0.25) is 4.79 Å². The van der Waals surface area contributed by atoms with Gasteiger partial charge in [-0.15, -0.1) is 0 Å². The third kappa shape index (κ3) is 3.71. The molecule has 0 aliphatic carbocycles. The number of hydrogen-bond acceptors (Lipinski definition) is 4. The van der Waals surface area contributed by atoms with Gasteiger partial charge in [-0.25, -0.2) is 0 Å². The summed E-state index contributed by atoms with van der Waals surface area (Å²) < 4.78 is 5.63. The van der Waals surface area contributed by atoms with E-state index in [2.05, 4.69) is 23.1 Å². The van der Waals surface area contributed by atoms with E-state index in [1.54, 1.807) is 0 Å². The summed E-state index contributed by atoms with van der Waals surface area (Å²) in [6.45, 7) is 3.10. The van der Waals surface area contributed by atoms with Gasteiger partial charge in [0.1, 0.15) is 11.2 Å². The molecular formula is C28H31N3O2. The van der Waals surface area contributed by atoms with E-state index < -0.39 is 16.9 Å². The Morgan fingerprint density at radius 1 is 1.00 bits per heavy atom. The average Bonchev–Trinajstić information content (AvgIpc) is 3.46. The van der Waals surface area contributed by atoms with Crippen LogP contribution in [-0.4, -0.2) is 42.6 Å². The fourth-order valence-corrected chi connectivity index (χ4v) is 5.74. The van der Waals surface area contributed by atoms with Crippen molar-refractivity contribution in [3.8, 4) is 5.75 Å². The van der Waals surface area contributed by atoms with Gasteiger partial charge in [0.25, 0.3) is 0 Å². The minimum absolute atomic E-state index is 0.400. The minimum atomic E-state index is -1.10. The minimum Gasteiger partial charge on any atom is -0.493 e. The van der Waals surface area contributed by atoms with E-state index in [-0.39, 0.29) is 0 Å². The van der Waals surface area contributed by atoms with Crippen LogP contribution < -0.4 is 16.2 Å². The van der Waals surface area contributed by atoms with E-state index >= 15 is 0 Å². The Hall–Kier alpha value is -3.15. The summed E-state index contributed by atoms with van der Waals surface area (Å²) in [6, 6.07) is 26.1. The first-order chi connectivity index (χ1) is 16.0. The van der Waals surface area contributed by atoms with Gasteiger partial charge < -0.3 is 21.1 Å². The van der Waals surface area contributed by atoms with Crippen molar-refractivity contribution in [1.29, 1.82) is 0 Å². The number of benzene rings is 3. The molecule has 2 aliphatic rings. The number of nitrogens with zero attached hydrogens (tertiary/aromatic N) is 1. The SMILES string of the molecule is NC(=O)C(c1ccccc1)(c1ccccc1)[C@]1(N)CCN(CCc2ccc3c(c2)CCO3)C1. The molecule has 33 heavy (non-hydrogen) atoms. The molecule has 3 aromatic rings. The fourth-order valence-electron chi connectivity index (χ4n) is 5.74. The van der Waals surface area contributed by atoms with Crippen LogP contribution in [-0.2, 0) is 23.1 Å². The predicted molar refractivity (Wildman–Crippen MR) is 130 cm³/mol. The number of amides is 1. The predicted octanol–water partition coefficient (Wildman–Crippen LogP) is 3.04. The molecule has 0 bridgehead atoms. The van der Waals surface area contributed by atoms with Crippen LogP contribution in [0.2, 0.25) is 0 Å². The highest BCUT2D eigenvalue weighted by atomic mass is 16.5. The first-order valence-electron chi connectivity index (χ1n) is 11.7. The second-order valence-electron chi connectivity index (χ2n) is 9.32. The van der Waals surface area contributed by atoms with Gasteiger partial charge in [0, 0.05) is 26.1 Å². The summed E-state index contributed by atoms with van der Waals surface area (Å²) >= 11 is 0. The molecule has 3 aromatic carbocycles. The lowest BCUT2D eigenvalue weighted by Gasteiger charge is -2.45. The van der Waals surface area contributed by atoms with Crippen LogP contribution in [0.3, 0.4) is 0 Å². The number of ether oxygens (including phenoxy) is 1. The zero-order valence-corrected chi connectivity index (χ0v) is 18.9. The summed E-state index contributed by atoms with van der Waals surface area (Å²) in [4.78, 5) is 15.7. The highest BCUT2D eigenvalue weighted by Crippen LogP contribution is 2.45. The lowest BCUT2D eigenvalue weighted by Crippen LogP contribution is -2.66. The van der Waals surface area contributed by atoms with Gasteiger partial charge in [-0.2, -0.15) is 0 Å². The molecule has 0 unspecified atom stereocenters. The second kappa shape index (κ2) is 8.65. The first kappa shape index (κ1) is 21.7. The molecule has 4 N–H and O–H groups in total. The zero-order chi connectivity index (χ0) is 22.9. The quantitative estimate of drug-likeness (QED) is 0.591. The number of nitrogens with two attached hydrogens (primary N) is 2. The van der Waals surface area contributed by atoms with Crippen molar-refractivity contribution >= 4 is 5.91 Å². The van der Waals surface area contributed by atoms with Crippen LogP contribution >= 0.6 is 0 Å². The maximum atomic E-state index is 13.3. The number of hydrogen-bond donors (Lipinski definition) is 2. The number of carbonyl (C=O) groups is 1. The van der Waals surface area contributed by atoms with Crippen LogP contribution in [0.4, 0.5) is 0 Å². The number of carbonyl (C=O) groups excluding carboxylic acids is 1. The molecular weight excluding hydrogens is 410 g/mol. The lowest BCUT2D eigenvalue weighted by molar-refractivity contribution is -0.124. The van der Waals surface area contributed by atoms with Crippen molar-refractivity contribution in [2.24, 2.45) is 11.5 Å². The van der Waals surface area contributed by atoms with Crippen LogP contribution in [0.25, 0.3) is 0 Å². The third-order valence-electron chi connectivity index (χ3n) is 7.38. The van der Waals surface area contributed by atoms with Gasteiger partial charge in [-0.05, 0) is 41.2 Å². The Morgan fingerprint density at radius 2 is 1.67 bits per heavy atom. The molecule has 2 aliphatic heterocycles. The van der Waals surface area contributed by atoms with Crippen molar-refractivity contribution in [3.63, 3.8) is 0 Å². The normalized spacial score (nSPS) is 20.4. The summed E-state index contributed by atoms with van der Waals surface area (Å²) in [5, 5.41) is 0. The highest BCUT2D eigenvalue weighted by Gasteiger charge is 2.58. The maximum absolute atomic E-state index is 13.3. The second-order valence-corrected chi connectivity index (χ2v) is 9.32. The van der Waals surface area contributed by atoms with Crippen LogP contribution in [0.5, 0.6) is 5.75 Å². The summed E-state index contributed by atoms with van der Waals surface area (Å²) in [5.41, 5.74) is 15.8.